The quantitative estimate of drug-likeness (QED) is 0.156. The summed E-state index contributed by atoms with van der Waals surface area (Å²) in [5.41, 5.74) is 3.00. The molecule has 0 saturated heterocycles. The van der Waals surface area contributed by atoms with E-state index in [4.69, 9.17) is 4.74 Å². The van der Waals surface area contributed by atoms with Crippen molar-refractivity contribution in [2.75, 3.05) is 12.0 Å². The number of nitro groups is 1. The van der Waals surface area contributed by atoms with Crippen molar-refractivity contribution in [2.24, 2.45) is 12.1 Å². The number of esters is 1. The standard InChI is InChI=1S/C24H23N7O6/c1-3-37-19(32)15-30-22(33)20-21(28(2)24(30)34)26-23(29(20)14-17-7-5-4-6-8-17)27-25-13-16-9-11-18(12-10-16)31(35)36/h4-13H,3,14-15H2,1-2H3,(H,26,27). The Balaban J connectivity index is 1.79. The summed E-state index contributed by atoms with van der Waals surface area (Å²) in [5.74, 6) is -0.528. The molecular formula is C24H23N7O6. The van der Waals surface area contributed by atoms with Gasteiger partial charge in [-0.3, -0.25) is 28.8 Å². The minimum absolute atomic E-state index is 0.0465. The first-order chi connectivity index (χ1) is 17.8. The van der Waals surface area contributed by atoms with Crippen LogP contribution in [0.1, 0.15) is 18.1 Å². The number of aryl methyl sites for hydroxylation is 1. The number of fused-ring (bicyclic) bond motifs is 1. The first-order valence-corrected chi connectivity index (χ1v) is 11.2. The number of non-ortho nitro benzene ring substituents is 1. The third kappa shape index (κ3) is 5.29. The van der Waals surface area contributed by atoms with Gasteiger partial charge >= 0.3 is 11.7 Å². The molecule has 0 spiro atoms. The fourth-order valence-electron chi connectivity index (χ4n) is 3.70. The molecule has 2 heterocycles. The average Bonchev–Trinajstić information content (AvgIpc) is 3.24. The normalized spacial score (nSPS) is 11.2. The van der Waals surface area contributed by atoms with Crippen LogP contribution in [0.2, 0.25) is 0 Å². The van der Waals surface area contributed by atoms with Gasteiger partial charge in [0.25, 0.3) is 11.2 Å². The van der Waals surface area contributed by atoms with Crippen molar-refractivity contribution in [2.45, 2.75) is 20.0 Å². The third-order valence-electron chi connectivity index (χ3n) is 5.49. The van der Waals surface area contributed by atoms with E-state index in [1.54, 1.807) is 11.5 Å². The first-order valence-electron chi connectivity index (χ1n) is 11.2. The molecule has 13 nitrogen and oxygen atoms in total. The lowest BCUT2D eigenvalue weighted by atomic mass is 10.2. The molecule has 0 fully saturated rings. The Morgan fingerprint density at radius 2 is 1.84 bits per heavy atom. The van der Waals surface area contributed by atoms with Crippen molar-refractivity contribution < 1.29 is 14.5 Å². The van der Waals surface area contributed by atoms with Gasteiger partial charge in [0.1, 0.15) is 6.54 Å². The summed E-state index contributed by atoms with van der Waals surface area (Å²) >= 11 is 0. The largest absolute Gasteiger partial charge is 0.465 e. The van der Waals surface area contributed by atoms with Crippen LogP contribution in [-0.2, 0) is 29.7 Å². The molecule has 4 aromatic rings. The van der Waals surface area contributed by atoms with Gasteiger partial charge in [-0.15, -0.1) is 0 Å². The van der Waals surface area contributed by atoms with E-state index in [1.807, 2.05) is 30.3 Å². The Morgan fingerprint density at radius 1 is 1.14 bits per heavy atom. The number of rotatable bonds is 9. The van der Waals surface area contributed by atoms with Gasteiger partial charge < -0.3 is 4.74 Å². The van der Waals surface area contributed by atoms with Gasteiger partial charge in [0.05, 0.1) is 24.3 Å². The number of nitrogens with zero attached hydrogens (tertiary/aromatic N) is 6. The molecule has 0 unspecified atom stereocenters. The van der Waals surface area contributed by atoms with Crippen LogP contribution in [0.3, 0.4) is 0 Å². The van der Waals surface area contributed by atoms with Crippen molar-refractivity contribution in [1.82, 2.24) is 18.7 Å². The van der Waals surface area contributed by atoms with Gasteiger partial charge in [-0.25, -0.2) is 14.8 Å². The maximum atomic E-state index is 13.4. The zero-order valence-corrected chi connectivity index (χ0v) is 20.0. The Morgan fingerprint density at radius 3 is 2.49 bits per heavy atom. The number of hydrogen-bond donors (Lipinski definition) is 1. The van der Waals surface area contributed by atoms with E-state index in [2.05, 4.69) is 15.5 Å². The monoisotopic (exact) mass is 505 g/mol. The smallest absolute Gasteiger partial charge is 0.333 e. The van der Waals surface area contributed by atoms with Gasteiger partial charge in [0.15, 0.2) is 11.2 Å². The molecular weight excluding hydrogens is 482 g/mol. The van der Waals surface area contributed by atoms with Gasteiger partial charge in [-0.05, 0) is 30.2 Å². The highest BCUT2D eigenvalue weighted by molar-refractivity contribution is 5.81. The number of nitrogens with one attached hydrogen (secondary N) is 1. The minimum atomic E-state index is -0.712. The van der Waals surface area contributed by atoms with E-state index >= 15 is 0 Å². The topological polar surface area (TPSA) is 156 Å². The number of aromatic nitrogens is 4. The number of ether oxygens (including phenoxy) is 1. The molecule has 190 valence electrons. The van der Waals surface area contributed by atoms with Crippen LogP contribution in [0.15, 0.2) is 69.3 Å². The molecule has 0 saturated carbocycles. The van der Waals surface area contributed by atoms with Gasteiger partial charge in [-0.2, -0.15) is 10.1 Å². The number of hydrogen-bond acceptors (Lipinski definition) is 9. The maximum Gasteiger partial charge on any atom is 0.333 e. The summed E-state index contributed by atoms with van der Waals surface area (Å²) < 4.78 is 8.48. The number of carbonyl (C=O) groups excluding carboxylic acids is 1. The molecule has 0 aliphatic heterocycles. The number of hydrazone groups is 1. The highest BCUT2D eigenvalue weighted by Gasteiger charge is 2.22. The van der Waals surface area contributed by atoms with Crippen LogP contribution < -0.4 is 16.7 Å². The Kier molecular flexibility index (Phi) is 7.23. The fraction of sp³-hybridized carbons (Fsp3) is 0.208. The Hall–Kier alpha value is -5.07. The van der Waals surface area contributed by atoms with E-state index < -0.39 is 28.7 Å². The molecule has 2 aromatic heterocycles. The van der Waals surface area contributed by atoms with Crippen LogP contribution in [0.4, 0.5) is 11.6 Å². The van der Waals surface area contributed by atoms with Gasteiger partial charge in [0.2, 0.25) is 5.95 Å². The van der Waals surface area contributed by atoms with E-state index in [9.17, 15) is 24.5 Å². The SMILES string of the molecule is CCOC(=O)Cn1c(=O)c2c(nc(NN=Cc3ccc([N+](=O)[O-])cc3)n2Cc2ccccc2)n(C)c1=O. The molecule has 1 N–H and O–H groups in total. The van der Waals surface area contributed by atoms with E-state index in [1.165, 1.54) is 42.1 Å². The second-order valence-electron chi connectivity index (χ2n) is 7.94. The van der Waals surface area contributed by atoms with Crippen molar-refractivity contribution >= 4 is 35.0 Å². The lowest BCUT2D eigenvalue weighted by molar-refractivity contribution is -0.384. The summed E-state index contributed by atoms with van der Waals surface area (Å²) in [4.78, 5) is 53.1. The number of nitro benzene ring substituents is 1. The third-order valence-corrected chi connectivity index (χ3v) is 5.49. The summed E-state index contributed by atoms with van der Waals surface area (Å²) in [6.45, 7) is 1.43. The molecule has 37 heavy (non-hydrogen) atoms. The molecule has 0 amide bonds. The maximum absolute atomic E-state index is 13.4. The van der Waals surface area contributed by atoms with Crippen LogP contribution >= 0.6 is 0 Å². The molecule has 4 rings (SSSR count). The summed E-state index contributed by atoms with van der Waals surface area (Å²) in [6.07, 6.45) is 1.44. The number of imidazole rings is 1. The van der Waals surface area contributed by atoms with Gasteiger partial charge in [-0.1, -0.05) is 30.3 Å². The summed E-state index contributed by atoms with van der Waals surface area (Å²) in [5, 5.41) is 15.0. The lowest BCUT2D eigenvalue weighted by Crippen LogP contribution is -2.41. The van der Waals surface area contributed by atoms with Crippen LogP contribution in [0, 0.1) is 10.1 Å². The summed E-state index contributed by atoms with van der Waals surface area (Å²) in [7, 11) is 1.45. The van der Waals surface area contributed by atoms with Gasteiger partial charge in [0, 0.05) is 19.2 Å². The molecule has 0 aliphatic rings. The Labute approximate surface area is 209 Å². The molecule has 0 bridgehead atoms. The van der Waals surface area contributed by atoms with E-state index in [0.717, 1.165) is 10.1 Å². The predicted molar refractivity (Wildman–Crippen MR) is 136 cm³/mol. The fourth-order valence-corrected chi connectivity index (χ4v) is 3.70. The number of benzene rings is 2. The molecule has 0 radical (unpaired) electrons. The molecule has 2 aromatic carbocycles. The first kappa shape index (κ1) is 25.0. The highest BCUT2D eigenvalue weighted by Crippen LogP contribution is 2.18. The van der Waals surface area contributed by atoms with Crippen LogP contribution in [0.5, 0.6) is 0 Å². The second-order valence-corrected chi connectivity index (χ2v) is 7.94. The minimum Gasteiger partial charge on any atom is -0.465 e. The van der Waals surface area contributed by atoms with Crippen LogP contribution in [0.25, 0.3) is 11.2 Å². The van der Waals surface area contributed by atoms with Crippen LogP contribution in [-0.4, -0.2) is 42.4 Å². The van der Waals surface area contributed by atoms with Crippen molar-refractivity contribution in [3.8, 4) is 0 Å². The molecule has 0 aliphatic carbocycles. The zero-order valence-electron chi connectivity index (χ0n) is 20.0. The Bertz CT molecular complexity index is 1600. The second kappa shape index (κ2) is 10.7. The van der Waals surface area contributed by atoms with Crippen molar-refractivity contribution in [3.05, 3.63) is 96.7 Å². The average molecular weight is 505 g/mol. The predicted octanol–water partition coefficient (Wildman–Crippen LogP) is 1.86. The highest BCUT2D eigenvalue weighted by atomic mass is 16.6. The van der Waals surface area contributed by atoms with E-state index in [-0.39, 0.29) is 36.0 Å². The number of anilines is 1. The lowest BCUT2D eigenvalue weighted by Gasteiger charge is -2.10. The molecule has 0 atom stereocenters. The number of carbonyl (C=O) groups is 1. The van der Waals surface area contributed by atoms with Crippen molar-refractivity contribution in [3.63, 3.8) is 0 Å². The van der Waals surface area contributed by atoms with Crippen molar-refractivity contribution in [1.29, 1.82) is 0 Å². The van der Waals surface area contributed by atoms with E-state index in [0.29, 0.717) is 5.56 Å². The summed E-state index contributed by atoms with van der Waals surface area (Å²) in [6, 6.07) is 15.1. The zero-order chi connectivity index (χ0) is 26.5. The molecule has 13 heteroatoms.